The molecule has 4 saturated carbocycles. The van der Waals surface area contributed by atoms with Crippen molar-refractivity contribution in [2.45, 2.75) is 64.3 Å². The maximum absolute atomic E-state index is 3.99. The highest BCUT2D eigenvalue weighted by atomic mass is 15.1. The Balaban J connectivity index is 1.18. The molecular formula is C19H34N2. The molecule has 5 aliphatic rings. The van der Waals surface area contributed by atoms with E-state index < -0.39 is 0 Å². The van der Waals surface area contributed by atoms with Crippen molar-refractivity contribution < 1.29 is 0 Å². The van der Waals surface area contributed by atoms with Crippen LogP contribution in [0.1, 0.15) is 58.3 Å². The maximum atomic E-state index is 3.99. The summed E-state index contributed by atoms with van der Waals surface area (Å²) in [6, 6.07) is 0.888. The number of hydrogen-bond donors (Lipinski definition) is 1. The molecule has 5 rings (SSSR count). The smallest absolute Gasteiger partial charge is 0.0124 e. The molecule has 2 nitrogen and oxygen atoms in total. The van der Waals surface area contributed by atoms with Crippen molar-refractivity contribution in [3.05, 3.63) is 0 Å². The molecule has 0 aromatic rings. The minimum absolute atomic E-state index is 0.888. The minimum Gasteiger partial charge on any atom is -0.313 e. The first-order chi connectivity index (χ1) is 10.3. The third kappa shape index (κ3) is 3.17. The number of nitrogens with zero attached hydrogens (tertiary/aromatic N) is 1. The van der Waals surface area contributed by atoms with Gasteiger partial charge in [0, 0.05) is 6.04 Å². The Morgan fingerprint density at radius 3 is 2.14 bits per heavy atom. The Morgan fingerprint density at radius 2 is 1.52 bits per heavy atom. The standard InChI is InChI=1S/C19H34N2/c1-14-3-7-21(8-4-14)6-2-5-20-19-17-10-15-9-16(12-17)13-18(19)11-15/h14-20H,2-13H2,1H3. The number of nitrogens with one attached hydrogen (secondary N) is 1. The van der Waals surface area contributed by atoms with Crippen molar-refractivity contribution in [1.82, 2.24) is 10.2 Å². The van der Waals surface area contributed by atoms with Crippen LogP contribution in [0.4, 0.5) is 0 Å². The van der Waals surface area contributed by atoms with Gasteiger partial charge < -0.3 is 10.2 Å². The topological polar surface area (TPSA) is 15.3 Å². The van der Waals surface area contributed by atoms with E-state index in [0.717, 1.165) is 35.6 Å². The van der Waals surface area contributed by atoms with Crippen LogP contribution in [0.25, 0.3) is 0 Å². The molecule has 1 heterocycles. The van der Waals surface area contributed by atoms with Crippen LogP contribution in [0, 0.1) is 29.6 Å². The fourth-order valence-electron chi connectivity index (χ4n) is 6.12. The highest BCUT2D eigenvalue weighted by molar-refractivity contribution is 5.01. The molecule has 2 heteroatoms. The lowest BCUT2D eigenvalue weighted by Crippen LogP contribution is -2.54. The zero-order valence-electron chi connectivity index (χ0n) is 13.9. The summed E-state index contributed by atoms with van der Waals surface area (Å²) in [7, 11) is 0. The number of hydrogen-bond acceptors (Lipinski definition) is 2. The molecule has 0 aromatic carbocycles. The molecule has 21 heavy (non-hydrogen) atoms. The van der Waals surface area contributed by atoms with Crippen molar-refractivity contribution in [3.8, 4) is 0 Å². The van der Waals surface area contributed by atoms with Gasteiger partial charge in [0.15, 0.2) is 0 Å². The third-order valence-electron chi connectivity index (χ3n) is 7.13. The van der Waals surface area contributed by atoms with Gasteiger partial charge in [-0.3, -0.25) is 0 Å². The van der Waals surface area contributed by atoms with E-state index in [1.807, 2.05) is 0 Å². The number of likely N-dealkylation sites (tertiary alicyclic amines) is 1. The zero-order chi connectivity index (χ0) is 14.2. The summed E-state index contributed by atoms with van der Waals surface area (Å²) in [5.74, 6) is 5.27. The Morgan fingerprint density at radius 1 is 0.905 bits per heavy atom. The monoisotopic (exact) mass is 290 g/mol. The van der Waals surface area contributed by atoms with E-state index in [0.29, 0.717) is 0 Å². The molecule has 4 aliphatic carbocycles. The Hall–Kier alpha value is -0.0800. The van der Waals surface area contributed by atoms with Crippen molar-refractivity contribution >= 4 is 0 Å². The second-order valence-corrected chi connectivity index (χ2v) is 8.79. The van der Waals surface area contributed by atoms with E-state index in [4.69, 9.17) is 0 Å². The predicted octanol–water partition coefficient (Wildman–Crippen LogP) is 3.52. The molecule has 0 atom stereocenters. The fourth-order valence-corrected chi connectivity index (χ4v) is 6.12. The lowest BCUT2D eigenvalue weighted by atomic mass is 9.54. The van der Waals surface area contributed by atoms with Crippen molar-refractivity contribution in [3.63, 3.8) is 0 Å². The summed E-state index contributed by atoms with van der Waals surface area (Å²) in [5, 5.41) is 3.99. The zero-order valence-corrected chi connectivity index (χ0v) is 13.9. The van der Waals surface area contributed by atoms with Gasteiger partial charge in [0.2, 0.25) is 0 Å². The minimum atomic E-state index is 0.888. The molecule has 120 valence electrons. The van der Waals surface area contributed by atoms with Gasteiger partial charge >= 0.3 is 0 Å². The fraction of sp³-hybridized carbons (Fsp3) is 1.00. The maximum Gasteiger partial charge on any atom is 0.0124 e. The number of rotatable bonds is 5. The second-order valence-electron chi connectivity index (χ2n) is 8.79. The van der Waals surface area contributed by atoms with Gasteiger partial charge in [0.25, 0.3) is 0 Å². The van der Waals surface area contributed by atoms with E-state index in [-0.39, 0.29) is 0 Å². The highest BCUT2D eigenvalue weighted by Crippen LogP contribution is 2.53. The molecular weight excluding hydrogens is 256 g/mol. The van der Waals surface area contributed by atoms with Crippen LogP contribution in [0.2, 0.25) is 0 Å². The van der Waals surface area contributed by atoms with Crippen LogP contribution in [0.15, 0.2) is 0 Å². The molecule has 0 aromatic heterocycles. The van der Waals surface area contributed by atoms with Crippen LogP contribution >= 0.6 is 0 Å². The molecule has 1 saturated heterocycles. The predicted molar refractivity (Wildman–Crippen MR) is 88.3 cm³/mol. The van der Waals surface area contributed by atoms with Gasteiger partial charge in [-0.2, -0.15) is 0 Å². The molecule has 4 bridgehead atoms. The van der Waals surface area contributed by atoms with Gasteiger partial charge in [0.05, 0.1) is 0 Å². The average molecular weight is 290 g/mol. The van der Waals surface area contributed by atoms with Gasteiger partial charge in [-0.1, -0.05) is 6.92 Å². The molecule has 0 unspecified atom stereocenters. The molecule has 0 spiro atoms. The van der Waals surface area contributed by atoms with Crippen LogP contribution in [0.3, 0.4) is 0 Å². The van der Waals surface area contributed by atoms with Gasteiger partial charge in [-0.05, 0) is 107 Å². The Kier molecular flexibility index (Phi) is 4.28. The molecule has 0 radical (unpaired) electrons. The second kappa shape index (κ2) is 6.20. The average Bonchev–Trinajstić information content (AvgIpc) is 2.47. The van der Waals surface area contributed by atoms with Crippen LogP contribution < -0.4 is 5.32 Å². The van der Waals surface area contributed by atoms with Crippen LogP contribution in [-0.2, 0) is 0 Å². The largest absolute Gasteiger partial charge is 0.313 e. The third-order valence-corrected chi connectivity index (χ3v) is 7.13. The molecule has 0 amide bonds. The van der Waals surface area contributed by atoms with E-state index in [9.17, 15) is 0 Å². The number of piperidine rings is 1. The Labute approximate surface area is 131 Å². The molecule has 1 N–H and O–H groups in total. The first-order valence-electron chi connectivity index (χ1n) is 9.73. The summed E-state index contributed by atoms with van der Waals surface area (Å²) in [4.78, 5) is 2.69. The van der Waals surface area contributed by atoms with Gasteiger partial charge in [-0.25, -0.2) is 0 Å². The van der Waals surface area contributed by atoms with Crippen molar-refractivity contribution in [2.24, 2.45) is 29.6 Å². The van der Waals surface area contributed by atoms with Crippen LogP contribution in [0.5, 0.6) is 0 Å². The SMILES string of the molecule is CC1CCN(CCCNC2C3CC4CC(C3)CC2C4)CC1. The summed E-state index contributed by atoms with van der Waals surface area (Å²) >= 11 is 0. The normalized spacial score (nSPS) is 43.6. The summed E-state index contributed by atoms with van der Waals surface area (Å²) in [5.41, 5.74) is 0. The Bertz CT molecular complexity index is 317. The van der Waals surface area contributed by atoms with Crippen molar-refractivity contribution in [2.75, 3.05) is 26.2 Å². The lowest BCUT2D eigenvalue weighted by molar-refractivity contribution is -0.0137. The van der Waals surface area contributed by atoms with Gasteiger partial charge in [-0.15, -0.1) is 0 Å². The summed E-state index contributed by atoms with van der Waals surface area (Å²) < 4.78 is 0. The lowest BCUT2D eigenvalue weighted by Gasteiger charge is -2.54. The quantitative estimate of drug-likeness (QED) is 0.779. The van der Waals surface area contributed by atoms with E-state index in [1.54, 1.807) is 32.1 Å². The first-order valence-corrected chi connectivity index (χ1v) is 9.73. The first kappa shape index (κ1) is 14.5. The van der Waals surface area contributed by atoms with Crippen LogP contribution in [-0.4, -0.2) is 37.1 Å². The summed E-state index contributed by atoms with van der Waals surface area (Å²) in [6.45, 7) is 7.69. The molecule has 5 fully saturated rings. The van der Waals surface area contributed by atoms with Gasteiger partial charge in [0.1, 0.15) is 0 Å². The van der Waals surface area contributed by atoms with E-state index >= 15 is 0 Å². The highest BCUT2D eigenvalue weighted by Gasteiger charge is 2.47. The van der Waals surface area contributed by atoms with E-state index in [2.05, 4.69) is 17.1 Å². The molecule has 1 aliphatic heterocycles. The summed E-state index contributed by atoms with van der Waals surface area (Å²) in [6.07, 6.45) is 12.0. The van der Waals surface area contributed by atoms with Crippen molar-refractivity contribution in [1.29, 1.82) is 0 Å². The van der Waals surface area contributed by atoms with E-state index in [1.165, 1.54) is 45.4 Å².